The van der Waals surface area contributed by atoms with Gasteiger partial charge in [-0.1, -0.05) is 11.2 Å². The number of nitrogen functional groups attached to an aromatic ring is 1. The fourth-order valence-corrected chi connectivity index (χ4v) is 7.15. The number of amides is 2. The zero-order chi connectivity index (χ0) is 28.7. The fourth-order valence-electron chi connectivity index (χ4n) is 5.29. The number of thioether (sulfide) groups is 1. The molecule has 40 heavy (non-hydrogen) atoms. The van der Waals surface area contributed by atoms with Gasteiger partial charge in [0.1, 0.15) is 22.8 Å². The Balaban J connectivity index is 1.32. The number of carboxylic acids is 2. The fraction of sp³-hybridized carbons (Fsp3) is 0.520. The first-order chi connectivity index (χ1) is 19.0. The van der Waals surface area contributed by atoms with E-state index in [1.165, 1.54) is 34.9 Å². The summed E-state index contributed by atoms with van der Waals surface area (Å²) in [6, 6.07) is -1.01. The van der Waals surface area contributed by atoms with Gasteiger partial charge in [0.2, 0.25) is 5.60 Å². The van der Waals surface area contributed by atoms with Crippen molar-refractivity contribution in [2.24, 2.45) is 5.16 Å². The molecule has 2 atom stereocenters. The lowest BCUT2D eigenvalue weighted by Gasteiger charge is -2.49. The lowest BCUT2D eigenvalue weighted by atomic mass is 9.80. The molecule has 1 unspecified atom stereocenters. The Kier molecular flexibility index (Phi) is 7.63. The monoisotopic (exact) mass is 591 g/mol. The van der Waals surface area contributed by atoms with Crippen LogP contribution >= 0.6 is 23.1 Å². The summed E-state index contributed by atoms with van der Waals surface area (Å²) in [6.45, 7) is 2.95. The minimum atomic E-state index is -1.52. The highest BCUT2D eigenvalue weighted by atomic mass is 32.2. The van der Waals surface area contributed by atoms with Gasteiger partial charge in [-0.3, -0.25) is 14.5 Å². The van der Waals surface area contributed by atoms with Crippen LogP contribution in [0.1, 0.15) is 37.8 Å². The number of hydrogen-bond donors (Lipinski definition) is 4. The van der Waals surface area contributed by atoms with Crippen LogP contribution in [-0.4, -0.2) is 103 Å². The number of allylic oxidation sites excluding steroid dienone is 1. The number of nitrogens with two attached hydrogens (primary N) is 1. The summed E-state index contributed by atoms with van der Waals surface area (Å²) in [5.41, 5.74) is 4.42. The van der Waals surface area contributed by atoms with Crippen molar-refractivity contribution in [2.75, 3.05) is 38.2 Å². The van der Waals surface area contributed by atoms with E-state index in [1.54, 1.807) is 6.08 Å². The highest BCUT2D eigenvalue weighted by Crippen LogP contribution is 2.41. The predicted octanol–water partition coefficient (Wildman–Crippen LogP) is 0.989. The number of oxime groups is 1. The van der Waals surface area contributed by atoms with Gasteiger partial charge >= 0.3 is 11.9 Å². The quantitative estimate of drug-likeness (QED) is 0.132. The largest absolute Gasteiger partial charge is 0.478 e. The van der Waals surface area contributed by atoms with E-state index in [9.17, 15) is 29.4 Å². The molecule has 1 aromatic heterocycles. The average molecular weight is 592 g/mol. The molecular formula is C25H31N6O7S2+. The Morgan fingerprint density at radius 1 is 1.30 bits per heavy atom. The van der Waals surface area contributed by atoms with E-state index in [2.05, 4.69) is 22.5 Å². The zero-order valence-corrected chi connectivity index (χ0v) is 23.5. The van der Waals surface area contributed by atoms with Crippen molar-refractivity contribution in [1.29, 1.82) is 0 Å². The number of aromatic nitrogens is 1. The van der Waals surface area contributed by atoms with Crippen molar-refractivity contribution in [3.05, 3.63) is 34.5 Å². The van der Waals surface area contributed by atoms with Crippen molar-refractivity contribution in [3.63, 3.8) is 0 Å². The maximum absolute atomic E-state index is 13.3. The first kappa shape index (κ1) is 28.1. The molecule has 214 valence electrons. The highest BCUT2D eigenvalue weighted by molar-refractivity contribution is 8.00. The van der Waals surface area contributed by atoms with E-state index in [0.717, 1.165) is 35.5 Å². The number of carboxylic acid groups (broad SMARTS) is 2. The van der Waals surface area contributed by atoms with Gasteiger partial charge in [0.15, 0.2) is 10.8 Å². The molecule has 0 spiro atoms. The van der Waals surface area contributed by atoms with Gasteiger partial charge in [-0.15, -0.1) is 23.1 Å². The van der Waals surface area contributed by atoms with Gasteiger partial charge in [-0.2, -0.15) is 0 Å². The number of carbonyl (C=O) groups is 4. The summed E-state index contributed by atoms with van der Waals surface area (Å²) in [5.74, 6) is -3.41. The van der Waals surface area contributed by atoms with Crippen LogP contribution < -0.4 is 11.1 Å². The Bertz CT molecular complexity index is 1330. The van der Waals surface area contributed by atoms with Gasteiger partial charge in [-0.25, -0.2) is 14.6 Å². The molecule has 1 saturated carbocycles. The first-order valence-corrected chi connectivity index (χ1v) is 14.9. The standard InChI is InChI=1S/C25H30N6O7S2/c1-31(9-2-3-10-31)11-4-6-14-12-39-21-17(20(33)30(21)18(14)22(34)35)28-19(32)16(15-13-40-24(26)27-15)29-38-25(23(36)37)7-5-8-25/h4,6,13,17,21H,2-3,5,7-12H2,1H3,(H4-,26,27,28,32,34,35,36,37)/p+1/b6-4?,29-16-/t17?,21-/m0/s1. The van der Waals surface area contributed by atoms with Crippen LogP contribution in [0.4, 0.5) is 5.13 Å². The number of quaternary nitrogens is 1. The molecule has 0 bridgehead atoms. The van der Waals surface area contributed by atoms with Crippen molar-refractivity contribution < 1.29 is 38.7 Å². The van der Waals surface area contributed by atoms with Gasteiger partial charge in [0, 0.05) is 36.8 Å². The van der Waals surface area contributed by atoms with Crippen molar-refractivity contribution in [1.82, 2.24) is 15.2 Å². The first-order valence-electron chi connectivity index (χ1n) is 13.0. The zero-order valence-electron chi connectivity index (χ0n) is 21.9. The lowest BCUT2D eigenvalue weighted by molar-refractivity contribution is -0.891. The Labute approximate surface area is 238 Å². The van der Waals surface area contributed by atoms with Crippen LogP contribution in [0.3, 0.4) is 0 Å². The van der Waals surface area contributed by atoms with Crippen molar-refractivity contribution in [2.45, 2.75) is 49.1 Å². The molecule has 5 rings (SSSR count). The summed E-state index contributed by atoms with van der Waals surface area (Å²) in [4.78, 5) is 60.9. The van der Waals surface area contributed by atoms with Gasteiger partial charge in [-0.05, 0) is 18.1 Å². The molecule has 1 aromatic rings. The number of fused-ring (bicyclic) bond motifs is 1. The molecule has 1 aliphatic carbocycles. The van der Waals surface area contributed by atoms with E-state index >= 15 is 0 Å². The molecule has 0 aromatic carbocycles. The number of aliphatic carboxylic acids is 2. The van der Waals surface area contributed by atoms with E-state index in [1.807, 2.05) is 6.08 Å². The Hall–Kier alpha value is -3.43. The van der Waals surface area contributed by atoms with Crippen molar-refractivity contribution >= 4 is 57.7 Å². The van der Waals surface area contributed by atoms with Gasteiger partial charge in [0.05, 0.1) is 26.7 Å². The molecule has 5 N–H and O–H groups in total. The van der Waals surface area contributed by atoms with E-state index in [0.29, 0.717) is 17.7 Å². The van der Waals surface area contributed by atoms with E-state index in [4.69, 9.17) is 10.6 Å². The normalized spacial score (nSPS) is 25.3. The average Bonchev–Trinajstić information content (AvgIpc) is 3.51. The third kappa shape index (κ3) is 5.20. The van der Waals surface area contributed by atoms with Crippen molar-refractivity contribution in [3.8, 4) is 0 Å². The number of thiazole rings is 1. The summed E-state index contributed by atoms with van der Waals surface area (Å²) in [5, 5.41) is 27.0. The molecule has 3 fully saturated rings. The van der Waals surface area contributed by atoms with Crippen LogP contribution in [0.25, 0.3) is 0 Å². The summed E-state index contributed by atoms with van der Waals surface area (Å²) >= 11 is 2.41. The number of β-lactam (4-membered cyclic amide) rings is 1. The number of carbonyl (C=O) groups excluding carboxylic acids is 2. The molecule has 3 aliphatic heterocycles. The maximum Gasteiger partial charge on any atom is 0.352 e. The molecule has 2 saturated heterocycles. The lowest BCUT2D eigenvalue weighted by Crippen LogP contribution is -2.71. The third-order valence-corrected chi connectivity index (χ3v) is 9.82. The number of likely N-dealkylation sites (tertiary alicyclic amines) is 1. The molecule has 15 heteroatoms. The van der Waals surface area contributed by atoms with Crippen LogP contribution in [0, 0.1) is 0 Å². The summed E-state index contributed by atoms with van der Waals surface area (Å²) < 4.78 is 0.907. The summed E-state index contributed by atoms with van der Waals surface area (Å²) in [6.07, 6.45) is 7.25. The number of nitrogens with one attached hydrogen (secondary N) is 1. The molecule has 0 radical (unpaired) electrons. The number of hydrogen-bond acceptors (Lipinski definition) is 10. The number of nitrogens with zero attached hydrogens (tertiary/aromatic N) is 4. The Morgan fingerprint density at radius 3 is 2.60 bits per heavy atom. The molecular weight excluding hydrogens is 560 g/mol. The topological polar surface area (TPSA) is 185 Å². The second kappa shape index (κ2) is 10.9. The summed E-state index contributed by atoms with van der Waals surface area (Å²) in [7, 11) is 2.18. The van der Waals surface area contributed by atoms with Crippen LogP contribution in [-0.2, 0) is 24.0 Å². The second-order valence-electron chi connectivity index (χ2n) is 10.7. The van der Waals surface area contributed by atoms with Crippen LogP contribution in [0.2, 0.25) is 0 Å². The number of rotatable bonds is 10. The molecule has 2 amide bonds. The highest BCUT2D eigenvalue weighted by Gasteiger charge is 2.54. The minimum Gasteiger partial charge on any atom is -0.478 e. The third-order valence-electron chi connectivity index (χ3n) is 7.84. The molecule has 4 heterocycles. The minimum absolute atomic E-state index is 0.0766. The van der Waals surface area contributed by atoms with Gasteiger partial charge < -0.3 is 30.6 Å². The van der Waals surface area contributed by atoms with Crippen LogP contribution in [0.5, 0.6) is 0 Å². The van der Waals surface area contributed by atoms with E-state index < -0.39 is 40.8 Å². The predicted molar refractivity (Wildman–Crippen MR) is 147 cm³/mol. The number of anilines is 1. The SMILES string of the molecule is C[N+]1(CC=CC2=C(C(=O)O)N3C(=O)C(NC(=O)/C(=N\OC4(C(=O)O)CCC4)c4csc(N)n4)[C@@H]3SC2)CCCC1. The second-order valence-corrected chi connectivity index (χ2v) is 12.6. The smallest absolute Gasteiger partial charge is 0.352 e. The van der Waals surface area contributed by atoms with Gasteiger partial charge in [0.25, 0.3) is 11.8 Å². The van der Waals surface area contributed by atoms with Crippen LogP contribution in [0.15, 0.2) is 34.0 Å². The van der Waals surface area contributed by atoms with E-state index in [-0.39, 0.29) is 35.1 Å². The molecule has 4 aliphatic rings. The number of likely N-dealkylation sites (N-methyl/N-ethyl adjacent to an activating group) is 1. The maximum atomic E-state index is 13.3. The molecule has 13 nitrogen and oxygen atoms in total. The Morgan fingerprint density at radius 2 is 2.02 bits per heavy atom.